The maximum Gasteiger partial charge on any atom is 0.411 e. The van der Waals surface area contributed by atoms with E-state index in [0.29, 0.717) is 19.4 Å². The van der Waals surface area contributed by atoms with E-state index in [9.17, 15) is 14.7 Å². The van der Waals surface area contributed by atoms with Crippen molar-refractivity contribution in [2.75, 3.05) is 6.54 Å². The third-order valence-corrected chi connectivity index (χ3v) is 6.59. The van der Waals surface area contributed by atoms with Crippen molar-refractivity contribution in [1.82, 2.24) is 9.47 Å². The van der Waals surface area contributed by atoms with Gasteiger partial charge in [-0.25, -0.2) is 4.79 Å². The molecular weight excluding hydrogens is 444 g/mol. The highest BCUT2D eigenvalue weighted by Gasteiger charge is 2.46. The fourth-order valence-corrected chi connectivity index (χ4v) is 4.75. The van der Waals surface area contributed by atoms with Crippen molar-refractivity contribution in [3.8, 4) is 11.1 Å². The van der Waals surface area contributed by atoms with Gasteiger partial charge in [-0.1, -0.05) is 54.6 Å². The van der Waals surface area contributed by atoms with Crippen molar-refractivity contribution in [2.45, 2.75) is 50.9 Å². The van der Waals surface area contributed by atoms with Gasteiger partial charge < -0.3 is 24.8 Å². The number of cyclic esters (lactones) is 1. The summed E-state index contributed by atoms with van der Waals surface area (Å²) >= 11 is 0. The topological polar surface area (TPSA) is 103 Å². The van der Waals surface area contributed by atoms with Crippen LogP contribution < -0.4 is 5.56 Å². The fourth-order valence-electron chi connectivity index (χ4n) is 4.75. The van der Waals surface area contributed by atoms with E-state index in [1.807, 2.05) is 67.6 Å². The summed E-state index contributed by atoms with van der Waals surface area (Å²) in [6.07, 6.45) is 2.28. The molecule has 1 unspecified atom stereocenters. The third kappa shape index (κ3) is 5.63. The number of aryl methyl sites for hydroxylation is 1. The number of amides is 1. The summed E-state index contributed by atoms with van der Waals surface area (Å²) < 4.78 is 7.64. The molecule has 0 bridgehead atoms. The number of benzene rings is 2. The molecule has 1 amide bonds. The van der Waals surface area contributed by atoms with Gasteiger partial charge in [0.05, 0.1) is 11.6 Å². The number of carbonyl (C=O) groups is 1. The maximum atomic E-state index is 13.2. The van der Waals surface area contributed by atoms with Gasteiger partial charge >= 0.3 is 6.09 Å². The number of rotatable bonds is 6. The summed E-state index contributed by atoms with van der Waals surface area (Å²) in [5.74, 6) is 0. The summed E-state index contributed by atoms with van der Waals surface area (Å²) in [6, 6.07) is 20.9. The zero-order valence-corrected chi connectivity index (χ0v) is 20.7. The van der Waals surface area contributed by atoms with E-state index in [1.165, 1.54) is 4.57 Å². The fraction of sp³-hybridized carbons (Fsp3) is 0.357. The normalized spacial score (nSPS) is 19.0. The number of carbonyl (C=O) groups excluding carboxylic acids is 1. The van der Waals surface area contributed by atoms with Gasteiger partial charge in [-0.2, -0.15) is 0 Å². The van der Waals surface area contributed by atoms with Crippen LogP contribution in [0.5, 0.6) is 0 Å². The standard InChI is InChI=1S/C28H32N2O4.H2O/c1-20(21-10-12-22(13-11-21)23-14-16-29(4)25(31)18-23)30-17-15-28(34-26(30)32,19-27(2,3)33)24-8-6-5-7-9-24;/h5-14,16,18,20,33H,15,17,19H2,1-4H3;1H2/t20-,28?;/m0./s1. The Hall–Kier alpha value is -3.42. The predicted molar refractivity (Wildman–Crippen MR) is 136 cm³/mol. The minimum Gasteiger partial charge on any atom is -0.438 e. The lowest BCUT2D eigenvalue weighted by atomic mass is 9.80. The van der Waals surface area contributed by atoms with Crippen molar-refractivity contribution in [2.24, 2.45) is 7.05 Å². The van der Waals surface area contributed by atoms with Crippen LogP contribution in [0.25, 0.3) is 11.1 Å². The first kappa shape index (κ1) is 26.2. The molecule has 2 aromatic carbocycles. The highest BCUT2D eigenvalue weighted by molar-refractivity contribution is 5.70. The minimum atomic E-state index is -0.988. The smallest absolute Gasteiger partial charge is 0.411 e. The Labute approximate surface area is 205 Å². The molecule has 186 valence electrons. The molecule has 1 saturated heterocycles. The van der Waals surface area contributed by atoms with E-state index in [1.54, 1.807) is 38.1 Å². The molecule has 2 heterocycles. The van der Waals surface area contributed by atoms with Crippen LogP contribution in [-0.2, 0) is 17.4 Å². The first-order valence-electron chi connectivity index (χ1n) is 11.6. The number of pyridine rings is 1. The lowest BCUT2D eigenvalue weighted by molar-refractivity contribution is -0.101. The van der Waals surface area contributed by atoms with Gasteiger partial charge in [0, 0.05) is 38.7 Å². The van der Waals surface area contributed by atoms with Crippen LogP contribution >= 0.6 is 0 Å². The molecule has 7 heteroatoms. The van der Waals surface area contributed by atoms with Gasteiger partial charge in [0.2, 0.25) is 0 Å². The Morgan fingerprint density at radius 1 is 1.03 bits per heavy atom. The molecule has 0 saturated carbocycles. The van der Waals surface area contributed by atoms with Crippen LogP contribution in [0, 0.1) is 0 Å². The SMILES string of the molecule is C[C@@H](c1ccc(-c2ccn(C)c(=O)c2)cc1)N1CCC(CC(C)(C)O)(c2ccccc2)OC1=O.O. The summed E-state index contributed by atoms with van der Waals surface area (Å²) in [6.45, 7) is 5.98. The average molecular weight is 479 g/mol. The number of nitrogens with zero attached hydrogens (tertiary/aromatic N) is 2. The lowest BCUT2D eigenvalue weighted by Gasteiger charge is -2.45. The summed E-state index contributed by atoms with van der Waals surface area (Å²) in [7, 11) is 1.72. The van der Waals surface area contributed by atoms with Gasteiger partial charge in [-0.05, 0) is 49.1 Å². The molecule has 7 nitrogen and oxygen atoms in total. The number of aromatic nitrogens is 1. The second-order valence-electron chi connectivity index (χ2n) is 9.82. The largest absolute Gasteiger partial charge is 0.438 e. The Kier molecular flexibility index (Phi) is 7.53. The second-order valence-corrected chi connectivity index (χ2v) is 9.82. The van der Waals surface area contributed by atoms with Crippen molar-refractivity contribution in [3.05, 3.63) is 94.4 Å². The molecule has 4 rings (SSSR count). The molecular formula is C28H34N2O5. The maximum absolute atomic E-state index is 13.2. The van der Waals surface area contributed by atoms with Crippen molar-refractivity contribution in [3.63, 3.8) is 0 Å². The first-order valence-corrected chi connectivity index (χ1v) is 11.6. The Balaban J connectivity index is 0.00000342. The predicted octanol–water partition coefficient (Wildman–Crippen LogP) is 4.19. The molecule has 3 aromatic rings. The number of hydrogen-bond acceptors (Lipinski definition) is 4. The van der Waals surface area contributed by atoms with Crippen LogP contribution in [0.15, 0.2) is 77.7 Å². The van der Waals surface area contributed by atoms with E-state index < -0.39 is 11.2 Å². The second kappa shape index (κ2) is 10.1. The van der Waals surface area contributed by atoms with Crippen molar-refractivity contribution in [1.29, 1.82) is 0 Å². The Morgan fingerprint density at radius 3 is 2.26 bits per heavy atom. The zero-order valence-electron chi connectivity index (χ0n) is 20.7. The Morgan fingerprint density at radius 2 is 1.69 bits per heavy atom. The number of ether oxygens (including phenoxy) is 1. The zero-order chi connectivity index (χ0) is 24.5. The third-order valence-electron chi connectivity index (χ3n) is 6.59. The van der Waals surface area contributed by atoms with Gasteiger partial charge in [-0.3, -0.25) is 4.79 Å². The van der Waals surface area contributed by atoms with Gasteiger partial charge in [0.1, 0.15) is 5.60 Å². The Bertz CT molecular complexity index is 1210. The number of aliphatic hydroxyl groups is 1. The number of hydrogen-bond donors (Lipinski definition) is 1. The molecule has 2 atom stereocenters. The monoisotopic (exact) mass is 478 g/mol. The van der Waals surface area contributed by atoms with Crippen molar-refractivity contribution >= 4 is 6.09 Å². The van der Waals surface area contributed by atoms with Crippen molar-refractivity contribution < 1.29 is 20.1 Å². The molecule has 3 N–H and O–H groups in total. The van der Waals surface area contributed by atoms with Crippen LogP contribution in [0.2, 0.25) is 0 Å². The summed E-state index contributed by atoms with van der Waals surface area (Å²) in [5, 5.41) is 10.6. The highest BCUT2D eigenvalue weighted by Crippen LogP contribution is 2.42. The van der Waals surface area contributed by atoms with E-state index in [2.05, 4.69) is 0 Å². The van der Waals surface area contributed by atoms with Gasteiger partial charge in [0.25, 0.3) is 5.56 Å². The van der Waals surface area contributed by atoms with Gasteiger partial charge in [-0.15, -0.1) is 0 Å². The van der Waals surface area contributed by atoms with Gasteiger partial charge in [0.15, 0.2) is 0 Å². The van der Waals surface area contributed by atoms with E-state index in [4.69, 9.17) is 4.74 Å². The minimum absolute atomic E-state index is 0. The van der Waals surface area contributed by atoms with Crippen LogP contribution in [0.3, 0.4) is 0 Å². The molecule has 0 radical (unpaired) electrons. The van der Waals surface area contributed by atoms with Crippen LogP contribution in [0.4, 0.5) is 4.79 Å². The highest BCUT2D eigenvalue weighted by atomic mass is 16.6. The van der Waals surface area contributed by atoms with Crippen LogP contribution in [0.1, 0.15) is 50.8 Å². The molecule has 1 aromatic heterocycles. The first-order chi connectivity index (χ1) is 16.1. The lowest BCUT2D eigenvalue weighted by Crippen LogP contribution is -2.51. The molecule has 1 aliphatic rings. The molecule has 1 fully saturated rings. The molecule has 35 heavy (non-hydrogen) atoms. The molecule has 0 spiro atoms. The van der Waals surface area contributed by atoms with E-state index >= 15 is 0 Å². The van der Waals surface area contributed by atoms with E-state index in [-0.39, 0.29) is 23.2 Å². The van der Waals surface area contributed by atoms with E-state index in [0.717, 1.165) is 22.3 Å². The summed E-state index contributed by atoms with van der Waals surface area (Å²) in [5.41, 5.74) is 1.78. The van der Waals surface area contributed by atoms with Crippen LogP contribution in [-0.4, -0.2) is 38.3 Å². The molecule has 1 aliphatic heterocycles. The average Bonchev–Trinajstić information content (AvgIpc) is 2.80. The summed E-state index contributed by atoms with van der Waals surface area (Å²) in [4.78, 5) is 26.9. The quantitative estimate of drug-likeness (QED) is 0.574. The molecule has 0 aliphatic carbocycles.